The average Bonchev–Trinajstić information content (AvgIpc) is 3.09. The summed E-state index contributed by atoms with van der Waals surface area (Å²) in [5.41, 5.74) is 3.20. The molecule has 0 unspecified atom stereocenters. The summed E-state index contributed by atoms with van der Waals surface area (Å²) in [6.07, 6.45) is 1.58. The molecule has 4 rings (SSSR count). The fourth-order valence-corrected chi connectivity index (χ4v) is 3.09. The van der Waals surface area contributed by atoms with Crippen molar-refractivity contribution in [1.82, 2.24) is 10.1 Å². The molecule has 4 aromatic rings. The first-order chi connectivity index (χ1) is 14.5. The zero-order valence-corrected chi connectivity index (χ0v) is 16.5. The van der Waals surface area contributed by atoms with Crippen LogP contribution in [0.3, 0.4) is 0 Å². The van der Waals surface area contributed by atoms with Gasteiger partial charge in [0, 0.05) is 17.1 Å². The second kappa shape index (κ2) is 8.32. The van der Waals surface area contributed by atoms with Gasteiger partial charge >= 0.3 is 5.97 Å². The van der Waals surface area contributed by atoms with E-state index in [4.69, 9.17) is 14.0 Å². The van der Waals surface area contributed by atoms with Gasteiger partial charge in [0.15, 0.2) is 0 Å². The van der Waals surface area contributed by atoms with Crippen molar-refractivity contribution in [3.63, 3.8) is 0 Å². The SMILES string of the molecule is Cc1noc(C)c1COc1ccc(C(=O)OCc2ccc(F)c3cccnc23)cc1. The molecule has 0 aliphatic carbocycles. The van der Waals surface area contributed by atoms with Gasteiger partial charge in [-0.1, -0.05) is 11.2 Å². The summed E-state index contributed by atoms with van der Waals surface area (Å²) in [6, 6.07) is 12.9. The van der Waals surface area contributed by atoms with Gasteiger partial charge in [-0.05, 0) is 56.3 Å². The quantitative estimate of drug-likeness (QED) is 0.424. The van der Waals surface area contributed by atoms with E-state index in [2.05, 4.69) is 10.1 Å². The number of hydrogen-bond donors (Lipinski definition) is 0. The zero-order valence-electron chi connectivity index (χ0n) is 16.5. The van der Waals surface area contributed by atoms with Crippen LogP contribution in [0.5, 0.6) is 5.75 Å². The molecule has 0 spiro atoms. The summed E-state index contributed by atoms with van der Waals surface area (Å²) >= 11 is 0. The van der Waals surface area contributed by atoms with Crippen molar-refractivity contribution in [2.75, 3.05) is 0 Å². The van der Waals surface area contributed by atoms with Crippen LogP contribution < -0.4 is 4.74 Å². The summed E-state index contributed by atoms with van der Waals surface area (Å²) in [6.45, 7) is 4.01. The second-order valence-electron chi connectivity index (χ2n) is 6.80. The highest BCUT2D eigenvalue weighted by Crippen LogP contribution is 2.22. The fourth-order valence-electron chi connectivity index (χ4n) is 3.09. The molecule has 0 N–H and O–H groups in total. The predicted molar refractivity (Wildman–Crippen MR) is 108 cm³/mol. The van der Waals surface area contributed by atoms with E-state index in [-0.39, 0.29) is 12.4 Å². The van der Waals surface area contributed by atoms with Crippen molar-refractivity contribution in [3.05, 3.63) is 88.7 Å². The highest BCUT2D eigenvalue weighted by atomic mass is 19.1. The summed E-state index contributed by atoms with van der Waals surface area (Å²) in [5, 5.41) is 4.29. The molecule has 2 aromatic carbocycles. The van der Waals surface area contributed by atoms with E-state index in [9.17, 15) is 9.18 Å². The largest absolute Gasteiger partial charge is 0.489 e. The van der Waals surface area contributed by atoms with Crippen molar-refractivity contribution in [1.29, 1.82) is 0 Å². The van der Waals surface area contributed by atoms with Gasteiger partial charge < -0.3 is 14.0 Å². The van der Waals surface area contributed by atoms with Crippen molar-refractivity contribution < 1.29 is 23.2 Å². The number of benzene rings is 2. The van der Waals surface area contributed by atoms with Crippen LogP contribution in [-0.2, 0) is 18.0 Å². The maximum Gasteiger partial charge on any atom is 0.338 e. The first-order valence-corrected chi connectivity index (χ1v) is 9.37. The molecule has 0 saturated heterocycles. The number of aryl methyl sites for hydroxylation is 2. The minimum absolute atomic E-state index is 0.00305. The highest BCUT2D eigenvalue weighted by molar-refractivity contribution is 5.90. The first kappa shape index (κ1) is 19.6. The van der Waals surface area contributed by atoms with E-state index in [0.29, 0.717) is 34.4 Å². The highest BCUT2D eigenvalue weighted by Gasteiger charge is 2.13. The summed E-state index contributed by atoms with van der Waals surface area (Å²) in [4.78, 5) is 16.6. The number of esters is 1. The van der Waals surface area contributed by atoms with Crippen LogP contribution in [0.2, 0.25) is 0 Å². The van der Waals surface area contributed by atoms with Gasteiger partial charge in [-0.15, -0.1) is 0 Å². The fraction of sp³-hybridized carbons (Fsp3) is 0.174. The molecule has 6 nitrogen and oxygen atoms in total. The zero-order chi connectivity index (χ0) is 21.1. The Bertz CT molecular complexity index is 1180. The Morgan fingerprint density at radius 2 is 1.87 bits per heavy atom. The Kier molecular flexibility index (Phi) is 5.43. The third-order valence-electron chi connectivity index (χ3n) is 4.81. The Hall–Kier alpha value is -3.74. The van der Waals surface area contributed by atoms with Crippen LogP contribution in [0, 0.1) is 19.7 Å². The monoisotopic (exact) mass is 406 g/mol. The normalized spacial score (nSPS) is 10.9. The number of hydrogen-bond acceptors (Lipinski definition) is 6. The van der Waals surface area contributed by atoms with E-state index >= 15 is 0 Å². The van der Waals surface area contributed by atoms with Crippen molar-refractivity contribution in [3.8, 4) is 5.75 Å². The van der Waals surface area contributed by atoms with Crippen LogP contribution in [0.1, 0.15) is 32.9 Å². The number of fused-ring (bicyclic) bond motifs is 1. The minimum Gasteiger partial charge on any atom is -0.489 e. The molecule has 2 aromatic heterocycles. The molecule has 0 bridgehead atoms. The average molecular weight is 406 g/mol. The lowest BCUT2D eigenvalue weighted by Crippen LogP contribution is -2.06. The molecule has 0 radical (unpaired) electrons. The topological polar surface area (TPSA) is 74.5 Å². The Balaban J connectivity index is 1.39. The van der Waals surface area contributed by atoms with Gasteiger partial charge in [-0.25, -0.2) is 9.18 Å². The molecular weight excluding hydrogens is 387 g/mol. The smallest absolute Gasteiger partial charge is 0.338 e. The van der Waals surface area contributed by atoms with Crippen LogP contribution in [0.25, 0.3) is 10.9 Å². The molecule has 0 aliphatic rings. The molecule has 0 aliphatic heterocycles. The number of aromatic nitrogens is 2. The molecule has 2 heterocycles. The maximum absolute atomic E-state index is 13.9. The molecule has 0 atom stereocenters. The number of carbonyl (C=O) groups is 1. The van der Waals surface area contributed by atoms with Gasteiger partial charge in [-0.3, -0.25) is 4.98 Å². The van der Waals surface area contributed by atoms with Crippen molar-refractivity contribution >= 4 is 16.9 Å². The van der Waals surface area contributed by atoms with Gasteiger partial charge in [0.1, 0.15) is 30.5 Å². The number of nitrogens with zero attached hydrogens (tertiary/aromatic N) is 2. The molecule has 0 saturated carbocycles. The molecule has 152 valence electrons. The van der Waals surface area contributed by atoms with Gasteiger partial charge in [0.2, 0.25) is 0 Å². The summed E-state index contributed by atoms with van der Waals surface area (Å²) in [5.74, 6) is 0.483. The third kappa shape index (κ3) is 4.00. The second-order valence-corrected chi connectivity index (χ2v) is 6.80. The third-order valence-corrected chi connectivity index (χ3v) is 4.81. The lowest BCUT2D eigenvalue weighted by molar-refractivity contribution is 0.0474. The molecule has 0 fully saturated rings. The number of carbonyl (C=O) groups excluding carboxylic acids is 1. The lowest BCUT2D eigenvalue weighted by atomic mass is 10.1. The maximum atomic E-state index is 13.9. The summed E-state index contributed by atoms with van der Waals surface area (Å²) in [7, 11) is 0. The van der Waals surface area contributed by atoms with Crippen molar-refractivity contribution in [2.45, 2.75) is 27.1 Å². The molecule has 7 heteroatoms. The van der Waals surface area contributed by atoms with Crippen molar-refractivity contribution in [2.24, 2.45) is 0 Å². The van der Waals surface area contributed by atoms with E-state index in [1.807, 2.05) is 13.8 Å². The Morgan fingerprint density at radius 1 is 1.07 bits per heavy atom. The molecule has 0 amide bonds. The number of rotatable bonds is 6. The van der Waals surface area contributed by atoms with Gasteiger partial charge in [0.25, 0.3) is 0 Å². The van der Waals surface area contributed by atoms with E-state index in [1.54, 1.807) is 48.7 Å². The van der Waals surface area contributed by atoms with E-state index in [0.717, 1.165) is 17.0 Å². The number of halogens is 1. The number of ether oxygens (including phenoxy) is 2. The number of pyridine rings is 1. The first-order valence-electron chi connectivity index (χ1n) is 9.37. The Labute approximate surface area is 172 Å². The van der Waals surface area contributed by atoms with Crippen LogP contribution in [0.4, 0.5) is 4.39 Å². The lowest BCUT2D eigenvalue weighted by Gasteiger charge is -2.09. The minimum atomic E-state index is -0.485. The Morgan fingerprint density at radius 3 is 2.60 bits per heavy atom. The standard InChI is InChI=1S/C23H19FN2O4/c1-14-20(15(2)30-26-14)13-28-18-8-5-16(6-9-18)23(27)29-12-17-7-10-21(24)19-4-3-11-25-22(17)19/h3-11H,12-13H2,1-2H3. The van der Waals surface area contributed by atoms with E-state index < -0.39 is 5.97 Å². The molecular formula is C23H19FN2O4. The van der Waals surface area contributed by atoms with Gasteiger partial charge in [-0.2, -0.15) is 0 Å². The van der Waals surface area contributed by atoms with Crippen LogP contribution in [-0.4, -0.2) is 16.1 Å². The molecule has 30 heavy (non-hydrogen) atoms. The van der Waals surface area contributed by atoms with E-state index in [1.165, 1.54) is 6.07 Å². The van der Waals surface area contributed by atoms with Crippen LogP contribution in [0.15, 0.2) is 59.3 Å². The van der Waals surface area contributed by atoms with Crippen LogP contribution >= 0.6 is 0 Å². The van der Waals surface area contributed by atoms with Gasteiger partial charge in [0.05, 0.1) is 22.3 Å². The predicted octanol–water partition coefficient (Wildman–Crippen LogP) is 4.91. The summed E-state index contributed by atoms with van der Waals surface area (Å²) < 4.78 is 30.1.